The minimum absolute atomic E-state index is 0.135. The number of carbonyl (C=O) groups is 1. The van der Waals surface area contributed by atoms with Gasteiger partial charge in [-0.15, -0.1) is 11.3 Å². The standard InChI is InChI=1S/C18H16BrN3O3S/c1-9-14-17(20-8-22(2)18(14)24)26-15(9)16(23)21-12-5-6-25-13-4-3-10(19)7-11(12)13/h3-4,7-8,12H,5-6H2,1-2H3,(H,21,23). The van der Waals surface area contributed by atoms with E-state index in [0.29, 0.717) is 33.7 Å². The molecule has 0 radical (unpaired) electrons. The molecule has 1 atom stereocenters. The second-order valence-electron chi connectivity index (χ2n) is 6.24. The Morgan fingerprint density at radius 2 is 2.27 bits per heavy atom. The summed E-state index contributed by atoms with van der Waals surface area (Å²) in [6.07, 6.45) is 2.17. The summed E-state index contributed by atoms with van der Waals surface area (Å²) in [5.41, 5.74) is 1.49. The molecule has 1 amide bonds. The molecule has 1 aliphatic rings. The minimum Gasteiger partial charge on any atom is -0.493 e. The van der Waals surface area contributed by atoms with Crippen LogP contribution in [0.1, 0.15) is 33.3 Å². The summed E-state index contributed by atoms with van der Waals surface area (Å²) in [7, 11) is 1.66. The number of carbonyl (C=O) groups excluding carboxylic acids is 1. The fourth-order valence-electron chi connectivity index (χ4n) is 3.16. The zero-order valence-electron chi connectivity index (χ0n) is 14.2. The number of nitrogens with one attached hydrogen (secondary N) is 1. The van der Waals surface area contributed by atoms with Crippen molar-refractivity contribution in [2.45, 2.75) is 19.4 Å². The van der Waals surface area contributed by atoms with Crippen LogP contribution < -0.4 is 15.6 Å². The van der Waals surface area contributed by atoms with Gasteiger partial charge in [0.2, 0.25) is 0 Å². The Labute approximate surface area is 161 Å². The molecular formula is C18H16BrN3O3S. The number of aromatic nitrogens is 2. The number of halogens is 1. The molecule has 4 rings (SSSR count). The fraction of sp³-hybridized carbons (Fsp3) is 0.278. The van der Waals surface area contributed by atoms with Gasteiger partial charge in [-0.05, 0) is 30.7 Å². The quantitative estimate of drug-likeness (QED) is 0.672. The van der Waals surface area contributed by atoms with Gasteiger partial charge in [0.05, 0.1) is 29.2 Å². The highest BCUT2D eigenvalue weighted by molar-refractivity contribution is 9.10. The topological polar surface area (TPSA) is 73.2 Å². The lowest BCUT2D eigenvalue weighted by atomic mass is 10.0. The zero-order chi connectivity index (χ0) is 18.4. The maximum atomic E-state index is 12.9. The van der Waals surface area contributed by atoms with Gasteiger partial charge < -0.3 is 14.6 Å². The van der Waals surface area contributed by atoms with E-state index in [9.17, 15) is 9.59 Å². The van der Waals surface area contributed by atoms with Crippen molar-refractivity contribution in [3.05, 3.63) is 55.4 Å². The van der Waals surface area contributed by atoms with Crippen LogP contribution in [0.2, 0.25) is 0 Å². The van der Waals surface area contributed by atoms with Crippen LogP contribution in [0.3, 0.4) is 0 Å². The summed E-state index contributed by atoms with van der Waals surface area (Å²) in [5, 5.41) is 3.60. The lowest BCUT2D eigenvalue weighted by Gasteiger charge is -2.26. The fourth-order valence-corrected chi connectivity index (χ4v) is 4.59. The van der Waals surface area contributed by atoms with Crippen LogP contribution >= 0.6 is 27.3 Å². The van der Waals surface area contributed by atoms with E-state index >= 15 is 0 Å². The highest BCUT2D eigenvalue weighted by atomic mass is 79.9. The van der Waals surface area contributed by atoms with Gasteiger partial charge in [0, 0.05) is 23.5 Å². The molecule has 2 aromatic heterocycles. The smallest absolute Gasteiger partial charge is 0.262 e. The molecule has 26 heavy (non-hydrogen) atoms. The van der Waals surface area contributed by atoms with Gasteiger partial charge >= 0.3 is 0 Å². The van der Waals surface area contributed by atoms with Crippen LogP contribution in [0.15, 0.2) is 33.8 Å². The summed E-state index contributed by atoms with van der Waals surface area (Å²) in [4.78, 5) is 30.6. The molecule has 0 saturated heterocycles. The van der Waals surface area contributed by atoms with Gasteiger partial charge in [0.1, 0.15) is 10.6 Å². The summed E-state index contributed by atoms with van der Waals surface area (Å²) >= 11 is 4.72. The number of ether oxygens (including phenoxy) is 1. The number of fused-ring (bicyclic) bond motifs is 2. The second kappa shape index (κ2) is 6.51. The van der Waals surface area contributed by atoms with Crippen LogP contribution in [-0.4, -0.2) is 22.1 Å². The number of thiophene rings is 1. The van der Waals surface area contributed by atoms with Crippen LogP contribution in [0.4, 0.5) is 0 Å². The van der Waals surface area contributed by atoms with Crippen molar-refractivity contribution in [1.29, 1.82) is 0 Å². The summed E-state index contributed by atoms with van der Waals surface area (Å²) in [6, 6.07) is 5.65. The second-order valence-corrected chi connectivity index (χ2v) is 8.16. The van der Waals surface area contributed by atoms with E-state index in [-0.39, 0.29) is 17.5 Å². The molecule has 0 bridgehead atoms. The van der Waals surface area contributed by atoms with Crippen LogP contribution in [0.25, 0.3) is 10.2 Å². The molecule has 8 heteroatoms. The lowest BCUT2D eigenvalue weighted by Crippen LogP contribution is -2.32. The molecule has 0 saturated carbocycles. The normalized spacial score (nSPS) is 16.2. The highest BCUT2D eigenvalue weighted by Crippen LogP contribution is 2.35. The van der Waals surface area contributed by atoms with Crippen molar-refractivity contribution >= 4 is 43.4 Å². The Morgan fingerprint density at radius 3 is 3.08 bits per heavy atom. The SMILES string of the molecule is Cc1c(C(=O)NC2CCOc3ccc(Br)cc32)sc2ncn(C)c(=O)c12. The van der Waals surface area contributed by atoms with Gasteiger partial charge in [-0.1, -0.05) is 15.9 Å². The number of nitrogens with zero attached hydrogens (tertiary/aromatic N) is 2. The van der Waals surface area contributed by atoms with Gasteiger partial charge in [0.15, 0.2) is 0 Å². The van der Waals surface area contributed by atoms with Gasteiger partial charge in [0.25, 0.3) is 11.5 Å². The van der Waals surface area contributed by atoms with Crippen molar-refractivity contribution in [2.75, 3.05) is 6.61 Å². The minimum atomic E-state index is -0.189. The number of hydrogen-bond acceptors (Lipinski definition) is 5. The third-order valence-corrected chi connectivity index (χ3v) is 6.23. The predicted molar refractivity (Wildman–Crippen MR) is 104 cm³/mol. The molecule has 134 valence electrons. The van der Waals surface area contributed by atoms with E-state index in [2.05, 4.69) is 26.2 Å². The Hall–Kier alpha value is -2.19. The van der Waals surface area contributed by atoms with Crippen molar-refractivity contribution < 1.29 is 9.53 Å². The Morgan fingerprint density at radius 1 is 1.46 bits per heavy atom. The first kappa shape index (κ1) is 17.2. The molecule has 0 aliphatic carbocycles. The van der Waals surface area contributed by atoms with E-state index in [1.165, 1.54) is 22.2 Å². The molecule has 3 heterocycles. The van der Waals surface area contributed by atoms with E-state index in [4.69, 9.17) is 4.74 Å². The van der Waals surface area contributed by atoms with E-state index in [1.54, 1.807) is 14.0 Å². The van der Waals surface area contributed by atoms with Crippen molar-refractivity contribution in [1.82, 2.24) is 14.9 Å². The highest BCUT2D eigenvalue weighted by Gasteiger charge is 2.26. The molecule has 1 aliphatic heterocycles. The molecule has 1 aromatic carbocycles. The third kappa shape index (κ3) is 2.83. The van der Waals surface area contributed by atoms with Gasteiger partial charge in [-0.2, -0.15) is 0 Å². The van der Waals surface area contributed by atoms with Crippen LogP contribution in [-0.2, 0) is 7.05 Å². The van der Waals surface area contributed by atoms with Gasteiger partial charge in [-0.25, -0.2) is 4.98 Å². The molecule has 0 fully saturated rings. The van der Waals surface area contributed by atoms with E-state index < -0.39 is 0 Å². The zero-order valence-corrected chi connectivity index (χ0v) is 16.6. The average molecular weight is 434 g/mol. The number of rotatable bonds is 2. The molecule has 0 spiro atoms. The first-order valence-corrected chi connectivity index (χ1v) is 9.74. The number of aryl methyl sites for hydroxylation is 2. The number of hydrogen-bond donors (Lipinski definition) is 1. The maximum absolute atomic E-state index is 12.9. The van der Waals surface area contributed by atoms with E-state index in [0.717, 1.165) is 15.8 Å². The van der Waals surface area contributed by atoms with Crippen LogP contribution in [0, 0.1) is 6.92 Å². The molecular weight excluding hydrogens is 418 g/mol. The first-order chi connectivity index (χ1) is 12.5. The molecule has 6 nitrogen and oxygen atoms in total. The van der Waals surface area contributed by atoms with Gasteiger partial charge in [-0.3, -0.25) is 9.59 Å². The lowest BCUT2D eigenvalue weighted by molar-refractivity contribution is 0.0928. The number of benzene rings is 1. The molecule has 3 aromatic rings. The summed E-state index contributed by atoms with van der Waals surface area (Å²) in [5.74, 6) is 0.596. The summed E-state index contributed by atoms with van der Waals surface area (Å²) < 4.78 is 8.04. The third-order valence-electron chi connectivity index (χ3n) is 4.53. The maximum Gasteiger partial charge on any atom is 0.262 e. The number of amides is 1. The Kier molecular flexibility index (Phi) is 4.32. The van der Waals surface area contributed by atoms with Crippen molar-refractivity contribution in [3.63, 3.8) is 0 Å². The predicted octanol–water partition coefficient (Wildman–Crippen LogP) is 3.32. The van der Waals surface area contributed by atoms with Crippen molar-refractivity contribution in [3.8, 4) is 5.75 Å². The average Bonchev–Trinajstić information content (AvgIpc) is 2.96. The Balaban J connectivity index is 1.69. The van der Waals surface area contributed by atoms with Crippen molar-refractivity contribution in [2.24, 2.45) is 7.05 Å². The van der Waals surface area contributed by atoms with E-state index in [1.807, 2.05) is 18.2 Å². The van der Waals surface area contributed by atoms with Crippen LogP contribution in [0.5, 0.6) is 5.75 Å². The molecule has 1 unspecified atom stereocenters. The largest absolute Gasteiger partial charge is 0.493 e. The molecule has 1 N–H and O–H groups in total. The monoisotopic (exact) mass is 433 g/mol. The Bertz CT molecular complexity index is 1090. The summed E-state index contributed by atoms with van der Waals surface area (Å²) in [6.45, 7) is 2.35. The first-order valence-electron chi connectivity index (χ1n) is 8.13.